The Kier molecular flexibility index (Phi) is 6.01. The first-order chi connectivity index (χ1) is 11.3. The molecule has 11 heteroatoms. The van der Waals surface area contributed by atoms with Crippen LogP contribution in [-0.4, -0.2) is 44.6 Å². The number of benzene rings is 1. The smallest absolute Gasteiger partial charge is 0.375 e. The van der Waals surface area contributed by atoms with Crippen LogP contribution < -0.4 is 10.6 Å². The van der Waals surface area contributed by atoms with E-state index >= 15 is 0 Å². The second-order valence-corrected chi connectivity index (χ2v) is 5.81. The number of anilines is 2. The summed E-state index contributed by atoms with van der Waals surface area (Å²) in [5.41, 5.74) is 0.519. The van der Waals surface area contributed by atoms with Gasteiger partial charge in [-0.15, -0.1) is 5.10 Å². The molecule has 0 radical (unpaired) electrons. The van der Waals surface area contributed by atoms with Crippen molar-refractivity contribution in [3.05, 3.63) is 24.3 Å². The highest BCUT2D eigenvalue weighted by molar-refractivity contribution is 7.99. The van der Waals surface area contributed by atoms with Crippen molar-refractivity contribution in [3.8, 4) is 0 Å². The Morgan fingerprint density at radius 3 is 2.62 bits per heavy atom. The van der Waals surface area contributed by atoms with E-state index < -0.39 is 12.7 Å². The van der Waals surface area contributed by atoms with E-state index in [1.807, 2.05) is 0 Å². The molecule has 0 unspecified atom stereocenters. The molecule has 2 rings (SSSR count). The highest BCUT2D eigenvalue weighted by Crippen LogP contribution is 2.24. The van der Waals surface area contributed by atoms with Crippen molar-refractivity contribution in [3.63, 3.8) is 0 Å². The van der Waals surface area contributed by atoms with E-state index in [0.29, 0.717) is 16.6 Å². The predicted octanol–water partition coefficient (Wildman–Crippen LogP) is 2.31. The third kappa shape index (κ3) is 5.72. The van der Waals surface area contributed by atoms with Gasteiger partial charge in [0.25, 0.3) is 0 Å². The van der Waals surface area contributed by atoms with Crippen LogP contribution in [0.3, 0.4) is 0 Å². The van der Waals surface area contributed by atoms with E-state index in [-0.39, 0.29) is 18.0 Å². The van der Waals surface area contributed by atoms with Gasteiger partial charge in [-0.05, 0) is 22.6 Å². The van der Waals surface area contributed by atoms with Gasteiger partial charge in [0.1, 0.15) is 6.54 Å². The minimum atomic E-state index is -4.34. The Bertz CT molecular complexity index is 690. The molecule has 0 bridgehead atoms. The van der Waals surface area contributed by atoms with Crippen molar-refractivity contribution < 1.29 is 18.0 Å². The van der Waals surface area contributed by atoms with Crippen LogP contribution in [-0.2, 0) is 11.8 Å². The van der Waals surface area contributed by atoms with Crippen molar-refractivity contribution >= 4 is 29.0 Å². The summed E-state index contributed by atoms with van der Waals surface area (Å²) in [7, 11) is 1.69. The summed E-state index contributed by atoms with van der Waals surface area (Å²) in [5, 5.41) is 16.4. The second kappa shape index (κ2) is 7.99. The number of carbonyl (C=O) groups excluding carboxylic acids is 1. The number of aromatic nitrogens is 4. The largest absolute Gasteiger partial charge is 0.405 e. The zero-order valence-electron chi connectivity index (χ0n) is 12.7. The number of thioether (sulfide) groups is 1. The van der Waals surface area contributed by atoms with Gasteiger partial charge in [-0.2, -0.15) is 13.2 Å². The molecular formula is C13H15F3N6OS. The SMILES string of the molecule is Cn1nnnc1SCCC(=O)Nc1ccccc1NCC(F)(F)F. The van der Waals surface area contributed by atoms with Gasteiger partial charge in [-0.3, -0.25) is 4.79 Å². The van der Waals surface area contributed by atoms with Gasteiger partial charge >= 0.3 is 6.18 Å². The van der Waals surface area contributed by atoms with Crippen molar-refractivity contribution in [2.75, 3.05) is 22.9 Å². The molecule has 0 spiro atoms. The predicted molar refractivity (Wildman–Crippen MR) is 83.8 cm³/mol. The second-order valence-electron chi connectivity index (χ2n) is 4.75. The normalized spacial score (nSPS) is 11.3. The average Bonchev–Trinajstić information content (AvgIpc) is 2.91. The number of alkyl halides is 3. The Labute approximate surface area is 140 Å². The lowest BCUT2D eigenvalue weighted by Crippen LogP contribution is -2.22. The Hall–Kier alpha value is -2.30. The van der Waals surface area contributed by atoms with E-state index in [4.69, 9.17) is 0 Å². The summed E-state index contributed by atoms with van der Waals surface area (Å²) in [5.74, 6) is 0.136. The number of aryl methyl sites for hydroxylation is 1. The average molecular weight is 360 g/mol. The summed E-state index contributed by atoms with van der Waals surface area (Å²) < 4.78 is 38.4. The number of nitrogens with zero attached hydrogens (tertiary/aromatic N) is 4. The molecule has 1 aromatic carbocycles. The van der Waals surface area contributed by atoms with E-state index in [0.717, 1.165) is 0 Å². The number of carbonyl (C=O) groups is 1. The van der Waals surface area contributed by atoms with Crippen LogP contribution >= 0.6 is 11.8 Å². The number of hydrogen-bond donors (Lipinski definition) is 2. The lowest BCUT2D eigenvalue weighted by Gasteiger charge is -2.14. The van der Waals surface area contributed by atoms with Crippen molar-refractivity contribution in [1.82, 2.24) is 20.2 Å². The molecule has 1 heterocycles. The standard InChI is InChI=1S/C13H15F3N6OS/c1-22-12(19-20-21-22)24-7-6-11(23)18-10-5-3-2-4-9(10)17-8-13(14,15)16/h2-5,17H,6-8H2,1H3,(H,18,23). The first kappa shape index (κ1) is 18.0. The summed E-state index contributed by atoms with van der Waals surface area (Å²) in [6.07, 6.45) is -4.16. The fourth-order valence-electron chi connectivity index (χ4n) is 1.73. The van der Waals surface area contributed by atoms with Gasteiger partial charge in [-0.1, -0.05) is 23.9 Å². The number of amides is 1. The van der Waals surface area contributed by atoms with E-state index in [9.17, 15) is 18.0 Å². The molecule has 7 nitrogen and oxygen atoms in total. The molecule has 24 heavy (non-hydrogen) atoms. The van der Waals surface area contributed by atoms with Gasteiger partial charge < -0.3 is 10.6 Å². The molecule has 2 aromatic rings. The first-order valence-electron chi connectivity index (χ1n) is 6.90. The zero-order chi connectivity index (χ0) is 17.6. The van der Waals surface area contributed by atoms with Gasteiger partial charge in [-0.25, -0.2) is 4.68 Å². The summed E-state index contributed by atoms with van der Waals surface area (Å²) in [4.78, 5) is 11.9. The monoisotopic (exact) mass is 360 g/mol. The number of rotatable bonds is 7. The molecular weight excluding hydrogens is 345 g/mol. The minimum Gasteiger partial charge on any atom is -0.375 e. The number of para-hydroxylation sites is 2. The number of nitrogens with one attached hydrogen (secondary N) is 2. The van der Waals surface area contributed by atoms with E-state index in [2.05, 4.69) is 26.2 Å². The highest BCUT2D eigenvalue weighted by atomic mass is 32.2. The van der Waals surface area contributed by atoms with Crippen LogP contribution in [0.1, 0.15) is 6.42 Å². The van der Waals surface area contributed by atoms with Crippen LogP contribution in [0.25, 0.3) is 0 Å². The Morgan fingerprint density at radius 2 is 2.00 bits per heavy atom. The topological polar surface area (TPSA) is 84.7 Å². The fraction of sp³-hybridized carbons (Fsp3) is 0.385. The number of hydrogen-bond acceptors (Lipinski definition) is 6. The molecule has 130 valence electrons. The van der Waals surface area contributed by atoms with Gasteiger partial charge in [0.15, 0.2) is 0 Å². The molecule has 0 aliphatic carbocycles. The maximum atomic E-state index is 12.3. The van der Waals surface area contributed by atoms with Gasteiger partial charge in [0.2, 0.25) is 11.1 Å². The van der Waals surface area contributed by atoms with Crippen molar-refractivity contribution in [1.29, 1.82) is 0 Å². The maximum absolute atomic E-state index is 12.3. The number of tetrazole rings is 1. The zero-order valence-corrected chi connectivity index (χ0v) is 13.5. The highest BCUT2D eigenvalue weighted by Gasteiger charge is 2.27. The minimum absolute atomic E-state index is 0.172. The maximum Gasteiger partial charge on any atom is 0.405 e. The fourth-order valence-corrected chi connectivity index (χ4v) is 2.52. The molecule has 1 amide bonds. The van der Waals surface area contributed by atoms with Gasteiger partial charge in [0.05, 0.1) is 11.4 Å². The van der Waals surface area contributed by atoms with Crippen LogP contribution in [0.4, 0.5) is 24.5 Å². The van der Waals surface area contributed by atoms with Crippen LogP contribution in [0.2, 0.25) is 0 Å². The third-order valence-electron chi connectivity index (χ3n) is 2.82. The first-order valence-corrected chi connectivity index (χ1v) is 7.88. The molecule has 0 fully saturated rings. The quantitative estimate of drug-likeness (QED) is 0.737. The van der Waals surface area contributed by atoms with Crippen molar-refractivity contribution in [2.24, 2.45) is 7.05 Å². The summed E-state index contributed by atoms with van der Waals surface area (Å²) in [6, 6.07) is 6.23. The Balaban J connectivity index is 1.86. The molecule has 0 saturated carbocycles. The number of halogens is 3. The summed E-state index contributed by atoms with van der Waals surface area (Å²) >= 11 is 1.31. The Morgan fingerprint density at radius 1 is 1.29 bits per heavy atom. The van der Waals surface area contributed by atoms with Crippen molar-refractivity contribution in [2.45, 2.75) is 17.8 Å². The molecule has 0 atom stereocenters. The molecule has 1 aromatic heterocycles. The lowest BCUT2D eigenvalue weighted by atomic mass is 10.2. The van der Waals surface area contributed by atoms with E-state index in [1.165, 1.54) is 28.6 Å². The van der Waals surface area contributed by atoms with Gasteiger partial charge in [0, 0.05) is 19.2 Å². The lowest BCUT2D eigenvalue weighted by molar-refractivity contribution is -0.116. The molecule has 0 saturated heterocycles. The molecule has 0 aliphatic heterocycles. The van der Waals surface area contributed by atoms with Crippen LogP contribution in [0.5, 0.6) is 0 Å². The third-order valence-corrected chi connectivity index (χ3v) is 3.83. The summed E-state index contributed by atoms with van der Waals surface area (Å²) in [6.45, 7) is -1.17. The molecule has 2 N–H and O–H groups in total. The molecule has 0 aliphatic rings. The van der Waals surface area contributed by atoms with Crippen LogP contribution in [0.15, 0.2) is 29.4 Å². The van der Waals surface area contributed by atoms with Crippen LogP contribution in [0, 0.1) is 0 Å². The van der Waals surface area contributed by atoms with E-state index in [1.54, 1.807) is 19.2 Å².